The molecule has 0 saturated heterocycles. The second-order valence-corrected chi connectivity index (χ2v) is 3.55. The lowest BCUT2D eigenvalue weighted by atomic mass is 10.0. The highest BCUT2D eigenvalue weighted by atomic mass is 14.5. The van der Waals surface area contributed by atoms with Gasteiger partial charge in [0.1, 0.15) is 0 Å². The molecule has 0 unspecified atom stereocenters. The number of rotatable bonds is 3. The van der Waals surface area contributed by atoms with Crippen molar-refractivity contribution in [2.45, 2.75) is 13.8 Å². The van der Waals surface area contributed by atoms with Gasteiger partial charge in [-0.1, -0.05) is 29.8 Å². The number of hydrogen-bond donors (Lipinski definition) is 2. The van der Waals surface area contributed by atoms with Crippen molar-refractivity contribution in [2.75, 3.05) is 0 Å². The fourth-order valence-electron chi connectivity index (χ4n) is 1.39. The molecular weight excluding hydrogens is 184 g/mol. The molecule has 0 atom stereocenters. The SMILES string of the molecule is C/C(N)=C\C(=C/C=N)c1cccc(C)c1. The van der Waals surface area contributed by atoms with Crippen molar-refractivity contribution in [1.82, 2.24) is 0 Å². The standard InChI is InChI=1S/C13H16N2/c1-10-4-3-5-12(8-10)13(6-7-14)9-11(2)15/h3-9,14H,15H2,1-2H3/b11-9+,13-6+,14-7?. The lowest BCUT2D eigenvalue weighted by Crippen LogP contribution is -1.92. The van der Waals surface area contributed by atoms with Gasteiger partial charge in [0.05, 0.1) is 0 Å². The number of nitrogens with two attached hydrogens (primary N) is 1. The first-order valence-corrected chi connectivity index (χ1v) is 4.85. The van der Waals surface area contributed by atoms with E-state index in [0.29, 0.717) is 0 Å². The molecule has 0 aliphatic rings. The molecule has 0 aliphatic carbocycles. The molecule has 1 aromatic rings. The van der Waals surface area contributed by atoms with E-state index in [-0.39, 0.29) is 0 Å². The summed E-state index contributed by atoms with van der Waals surface area (Å²) in [5.41, 5.74) is 9.64. The summed E-state index contributed by atoms with van der Waals surface area (Å²) < 4.78 is 0. The fraction of sp³-hybridized carbons (Fsp3) is 0.154. The van der Waals surface area contributed by atoms with E-state index in [0.717, 1.165) is 16.8 Å². The number of benzene rings is 1. The summed E-state index contributed by atoms with van der Waals surface area (Å²) >= 11 is 0. The normalized spacial score (nSPS) is 12.7. The van der Waals surface area contributed by atoms with E-state index in [1.165, 1.54) is 11.8 Å². The summed E-state index contributed by atoms with van der Waals surface area (Å²) in [6.45, 7) is 3.89. The maximum atomic E-state index is 7.11. The number of aryl methyl sites for hydroxylation is 1. The first-order chi connectivity index (χ1) is 7.13. The summed E-state index contributed by atoms with van der Waals surface area (Å²) in [7, 11) is 0. The Morgan fingerprint density at radius 2 is 2.13 bits per heavy atom. The van der Waals surface area contributed by atoms with Gasteiger partial charge in [-0.05, 0) is 37.1 Å². The molecule has 3 N–H and O–H groups in total. The molecule has 1 aromatic carbocycles. The van der Waals surface area contributed by atoms with Crippen LogP contribution in [0.15, 0.2) is 42.1 Å². The maximum Gasteiger partial charge on any atom is 0.0183 e. The molecule has 2 heteroatoms. The molecule has 1 rings (SSSR count). The fourth-order valence-corrected chi connectivity index (χ4v) is 1.39. The average molecular weight is 200 g/mol. The Morgan fingerprint density at radius 1 is 1.40 bits per heavy atom. The zero-order valence-corrected chi connectivity index (χ0v) is 9.12. The molecule has 0 spiro atoms. The number of nitrogens with one attached hydrogen (secondary N) is 1. The Balaban J connectivity index is 3.16. The van der Waals surface area contributed by atoms with Gasteiger partial charge in [0.2, 0.25) is 0 Å². The molecule has 0 radical (unpaired) electrons. The Kier molecular flexibility index (Phi) is 3.86. The van der Waals surface area contributed by atoms with Crippen LogP contribution in [0.3, 0.4) is 0 Å². The molecule has 15 heavy (non-hydrogen) atoms. The molecule has 0 fully saturated rings. The van der Waals surface area contributed by atoms with Crippen LogP contribution in [-0.4, -0.2) is 6.21 Å². The van der Waals surface area contributed by atoms with Crippen molar-refractivity contribution in [2.24, 2.45) is 5.73 Å². The van der Waals surface area contributed by atoms with Crippen LogP contribution in [0.5, 0.6) is 0 Å². The second-order valence-electron chi connectivity index (χ2n) is 3.55. The van der Waals surface area contributed by atoms with Crippen molar-refractivity contribution in [3.8, 4) is 0 Å². The van der Waals surface area contributed by atoms with Crippen molar-refractivity contribution in [3.05, 3.63) is 53.2 Å². The van der Waals surface area contributed by atoms with Crippen LogP contribution in [0.1, 0.15) is 18.1 Å². The number of allylic oxidation sites excluding steroid dienone is 4. The molecule has 0 amide bonds. The van der Waals surface area contributed by atoms with Crippen LogP contribution in [0.25, 0.3) is 5.57 Å². The van der Waals surface area contributed by atoms with Gasteiger partial charge >= 0.3 is 0 Å². The topological polar surface area (TPSA) is 49.9 Å². The van der Waals surface area contributed by atoms with Crippen LogP contribution in [0, 0.1) is 12.3 Å². The van der Waals surface area contributed by atoms with Crippen LogP contribution in [0.4, 0.5) is 0 Å². The van der Waals surface area contributed by atoms with Gasteiger partial charge < -0.3 is 11.1 Å². The highest BCUT2D eigenvalue weighted by Crippen LogP contribution is 2.17. The van der Waals surface area contributed by atoms with Crippen molar-refractivity contribution >= 4 is 11.8 Å². The van der Waals surface area contributed by atoms with Gasteiger partial charge in [0, 0.05) is 11.9 Å². The zero-order chi connectivity index (χ0) is 11.3. The molecule has 2 nitrogen and oxygen atoms in total. The van der Waals surface area contributed by atoms with E-state index in [2.05, 4.69) is 6.07 Å². The van der Waals surface area contributed by atoms with Gasteiger partial charge in [-0.2, -0.15) is 0 Å². The van der Waals surface area contributed by atoms with Crippen LogP contribution in [-0.2, 0) is 0 Å². The van der Waals surface area contributed by atoms with E-state index in [9.17, 15) is 0 Å². The first-order valence-electron chi connectivity index (χ1n) is 4.85. The van der Waals surface area contributed by atoms with Crippen molar-refractivity contribution < 1.29 is 0 Å². The largest absolute Gasteiger partial charge is 0.402 e. The highest BCUT2D eigenvalue weighted by molar-refractivity contribution is 5.87. The highest BCUT2D eigenvalue weighted by Gasteiger charge is 1.97. The minimum absolute atomic E-state index is 0.740. The molecule has 0 heterocycles. The minimum atomic E-state index is 0.740. The van der Waals surface area contributed by atoms with Crippen LogP contribution in [0.2, 0.25) is 0 Å². The molecule has 0 bridgehead atoms. The van der Waals surface area contributed by atoms with Crippen molar-refractivity contribution in [1.29, 1.82) is 5.41 Å². The van der Waals surface area contributed by atoms with Gasteiger partial charge in [0.25, 0.3) is 0 Å². The molecular formula is C13H16N2. The van der Waals surface area contributed by atoms with Crippen LogP contribution < -0.4 is 5.73 Å². The Labute approximate surface area is 90.6 Å². The predicted molar refractivity (Wildman–Crippen MR) is 65.9 cm³/mol. The predicted octanol–water partition coefficient (Wildman–Crippen LogP) is 2.89. The first kappa shape index (κ1) is 11.2. The molecule has 0 saturated carbocycles. The second kappa shape index (κ2) is 5.15. The van der Waals surface area contributed by atoms with Gasteiger partial charge in [-0.3, -0.25) is 0 Å². The average Bonchev–Trinajstić information content (AvgIpc) is 2.16. The Morgan fingerprint density at radius 3 is 2.67 bits per heavy atom. The van der Waals surface area contributed by atoms with Crippen LogP contribution >= 0.6 is 0 Å². The summed E-state index contributed by atoms with van der Waals surface area (Å²) in [5, 5.41) is 7.11. The summed E-state index contributed by atoms with van der Waals surface area (Å²) in [5.74, 6) is 0. The van der Waals surface area contributed by atoms with E-state index < -0.39 is 0 Å². The van der Waals surface area contributed by atoms with E-state index in [1.807, 2.05) is 38.1 Å². The van der Waals surface area contributed by atoms with E-state index in [1.54, 1.807) is 6.08 Å². The van der Waals surface area contributed by atoms with E-state index >= 15 is 0 Å². The Hall–Kier alpha value is -1.83. The third-order valence-corrected chi connectivity index (χ3v) is 2.00. The molecule has 0 aliphatic heterocycles. The lowest BCUT2D eigenvalue weighted by Gasteiger charge is -2.03. The minimum Gasteiger partial charge on any atom is -0.402 e. The lowest BCUT2D eigenvalue weighted by molar-refractivity contribution is 1.32. The van der Waals surface area contributed by atoms with Gasteiger partial charge in [-0.15, -0.1) is 0 Å². The zero-order valence-electron chi connectivity index (χ0n) is 9.12. The third kappa shape index (κ3) is 3.43. The quantitative estimate of drug-likeness (QED) is 0.572. The summed E-state index contributed by atoms with van der Waals surface area (Å²) in [4.78, 5) is 0. The van der Waals surface area contributed by atoms with Gasteiger partial charge in [0.15, 0.2) is 0 Å². The van der Waals surface area contributed by atoms with E-state index in [4.69, 9.17) is 11.1 Å². The number of hydrogen-bond acceptors (Lipinski definition) is 2. The Bertz CT molecular complexity index is 410. The third-order valence-electron chi connectivity index (χ3n) is 2.00. The monoisotopic (exact) mass is 200 g/mol. The smallest absolute Gasteiger partial charge is 0.0183 e. The van der Waals surface area contributed by atoms with Crippen molar-refractivity contribution in [3.63, 3.8) is 0 Å². The summed E-state index contributed by atoms with van der Waals surface area (Å²) in [6, 6.07) is 8.14. The summed E-state index contributed by atoms with van der Waals surface area (Å²) in [6.07, 6.45) is 4.89. The maximum absolute atomic E-state index is 7.11. The van der Waals surface area contributed by atoms with Gasteiger partial charge in [-0.25, -0.2) is 0 Å². The molecule has 78 valence electrons. The molecule has 0 aromatic heterocycles.